The van der Waals surface area contributed by atoms with Crippen molar-refractivity contribution >= 4 is 41.0 Å². The van der Waals surface area contributed by atoms with Crippen LogP contribution in [0.3, 0.4) is 0 Å². The van der Waals surface area contributed by atoms with Gasteiger partial charge in [0.25, 0.3) is 5.56 Å². The van der Waals surface area contributed by atoms with E-state index in [1.165, 1.54) is 11.8 Å². The molecule has 0 fully saturated rings. The molecule has 0 unspecified atom stereocenters. The van der Waals surface area contributed by atoms with E-state index >= 15 is 0 Å². The number of aliphatic hydroxyl groups excluding tert-OH is 1. The summed E-state index contributed by atoms with van der Waals surface area (Å²) < 4.78 is 9.59. The van der Waals surface area contributed by atoms with E-state index in [2.05, 4.69) is 33.7 Å². The second-order valence-electron chi connectivity index (χ2n) is 6.60. The molecule has 1 rings (SSSR count). The van der Waals surface area contributed by atoms with Crippen molar-refractivity contribution in [2.45, 2.75) is 52.6 Å². The van der Waals surface area contributed by atoms with E-state index in [4.69, 9.17) is 19.7 Å². The van der Waals surface area contributed by atoms with Crippen molar-refractivity contribution in [1.82, 2.24) is 9.97 Å². The van der Waals surface area contributed by atoms with E-state index in [0.717, 1.165) is 14.2 Å². The van der Waals surface area contributed by atoms with Gasteiger partial charge in [-0.2, -0.15) is 12.1 Å². The predicted octanol–water partition coefficient (Wildman–Crippen LogP) is -2.52. The fourth-order valence-electron chi connectivity index (χ4n) is 2.17. The minimum Gasteiger partial charge on any atom is -0.857 e. The van der Waals surface area contributed by atoms with Crippen LogP contribution in [0.2, 0.25) is 0 Å². The molecule has 0 aliphatic carbocycles. The number of carbonyl (C=O) groups is 2. The Morgan fingerprint density at radius 2 is 1.44 bits per heavy atom. The normalized spacial score (nSPS) is 8.94. The summed E-state index contributed by atoms with van der Waals surface area (Å²) in [6, 6.07) is 0. The molecule has 7 N–H and O–H groups in total. The van der Waals surface area contributed by atoms with Crippen molar-refractivity contribution in [3.8, 4) is 5.88 Å². The number of nitrogens with one attached hydrogen (secondary N) is 1. The van der Waals surface area contributed by atoms with Crippen molar-refractivity contribution < 1.29 is 63.9 Å². The first kappa shape index (κ1) is 44.6. The Morgan fingerprint density at radius 1 is 1.08 bits per heavy atom. The van der Waals surface area contributed by atoms with Gasteiger partial charge in [-0.3, -0.25) is 14.4 Å². The number of carbonyl (C=O) groups excluding carboxylic acids is 2. The third-order valence-electron chi connectivity index (χ3n) is 3.43. The van der Waals surface area contributed by atoms with Gasteiger partial charge in [-0.05, 0) is 44.2 Å². The van der Waals surface area contributed by atoms with Gasteiger partial charge in [0.1, 0.15) is 0 Å². The van der Waals surface area contributed by atoms with Crippen LogP contribution >= 0.6 is 24.0 Å². The van der Waals surface area contributed by atoms with Gasteiger partial charge in [-0.15, -0.1) is 0 Å². The summed E-state index contributed by atoms with van der Waals surface area (Å²) in [5.74, 6) is -2.08. The Bertz CT molecular complexity index is 759. The summed E-state index contributed by atoms with van der Waals surface area (Å²) in [4.78, 5) is 40.6. The van der Waals surface area contributed by atoms with Crippen molar-refractivity contribution in [2.75, 3.05) is 33.7 Å². The molecule has 1 heterocycles. The van der Waals surface area contributed by atoms with Crippen LogP contribution in [0.25, 0.3) is 0 Å². The molecule has 1 aromatic rings. The fourth-order valence-corrected chi connectivity index (χ4v) is 2.54. The first-order valence-electron chi connectivity index (χ1n) is 10.4. The number of aliphatic hydroxyl groups is 1. The standard InChI is InChI=1S/C10H18O4.C8H12N2O2S.CH4N2S.CH4O.CH3O.Na/c1-5-13-9(11)8(7(3)4)10(12)14-6-2;1-4(2)5-6(11)9-8(13-3)10-7(5)12;2-1(3)4;2*1-2;/h7-8H,5-6H2,1-4H3;4H,1-3H3,(H2,9,10,11,12);(H4,2,3,4);2H,1H3;1H3;/q;;;;-1;+1. The van der Waals surface area contributed by atoms with E-state index in [1.807, 2.05) is 13.8 Å². The molecular weight excluding hydrogens is 523 g/mol. The number of thiocarbonyl (C=S) groups is 1. The number of rotatable bonds is 7. The van der Waals surface area contributed by atoms with E-state index in [-0.39, 0.29) is 71.2 Å². The molecule has 0 aliphatic rings. The number of esters is 2. The first-order chi connectivity index (χ1) is 16.3. The zero-order valence-electron chi connectivity index (χ0n) is 22.9. The van der Waals surface area contributed by atoms with Crippen LogP contribution < -0.4 is 51.7 Å². The molecule has 36 heavy (non-hydrogen) atoms. The zero-order valence-corrected chi connectivity index (χ0v) is 26.5. The molecule has 0 aliphatic heterocycles. The van der Waals surface area contributed by atoms with Gasteiger partial charge in [-0.1, -0.05) is 39.5 Å². The minimum atomic E-state index is -0.796. The molecule has 12 nitrogen and oxygen atoms in total. The van der Waals surface area contributed by atoms with E-state index < -0.39 is 17.9 Å². The second-order valence-corrected chi connectivity index (χ2v) is 7.86. The molecule has 1 aromatic heterocycles. The largest absolute Gasteiger partial charge is 1.00 e. The molecule has 15 heteroatoms. The number of nitrogens with two attached hydrogens (primary N) is 2. The van der Waals surface area contributed by atoms with Crippen LogP contribution in [-0.2, 0) is 19.1 Å². The van der Waals surface area contributed by atoms with Gasteiger partial charge in [0.2, 0.25) is 5.88 Å². The molecule has 0 bridgehead atoms. The van der Waals surface area contributed by atoms with Gasteiger partial charge in [0, 0.05) is 7.11 Å². The number of thioether (sulfide) groups is 1. The molecule has 0 saturated heterocycles. The molecule has 0 amide bonds. The van der Waals surface area contributed by atoms with Crippen molar-refractivity contribution in [2.24, 2.45) is 23.3 Å². The van der Waals surface area contributed by atoms with Crippen molar-refractivity contribution in [3.63, 3.8) is 0 Å². The average molecular weight is 565 g/mol. The summed E-state index contributed by atoms with van der Waals surface area (Å²) in [7, 11) is 1.75. The summed E-state index contributed by atoms with van der Waals surface area (Å²) in [5, 5.41) is 25.1. The van der Waals surface area contributed by atoms with E-state index in [0.29, 0.717) is 10.7 Å². The molecule has 206 valence electrons. The summed E-state index contributed by atoms with van der Waals surface area (Å²) in [5.41, 5.74) is 9.33. The Hall–Kier alpha value is -1.42. The third-order valence-corrected chi connectivity index (χ3v) is 4.01. The Morgan fingerprint density at radius 3 is 1.67 bits per heavy atom. The van der Waals surface area contributed by atoms with Crippen molar-refractivity contribution in [3.05, 3.63) is 15.9 Å². The Kier molecular flexibility index (Phi) is 34.9. The van der Waals surface area contributed by atoms with Gasteiger partial charge in [-0.25, -0.2) is 0 Å². The monoisotopic (exact) mass is 564 g/mol. The van der Waals surface area contributed by atoms with Gasteiger partial charge >= 0.3 is 41.5 Å². The van der Waals surface area contributed by atoms with Crippen LogP contribution in [0.4, 0.5) is 0 Å². The second kappa shape index (κ2) is 28.2. The molecule has 0 radical (unpaired) electrons. The number of hydrogen-bond donors (Lipinski definition) is 5. The first-order valence-corrected chi connectivity index (χ1v) is 12.1. The molecule has 0 aromatic carbocycles. The quantitative estimate of drug-likeness (QED) is 0.0578. The minimum absolute atomic E-state index is 0. The number of hydrogen-bond acceptors (Lipinski definition) is 11. The maximum atomic E-state index is 11.4. The predicted molar refractivity (Wildman–Crippen MR) is 139 cm³/mol. The van der Waals surface area contributed by atoms with Gasteiger partial charge in [0.05, 0.1) is 18.8 Å². The topological polar surface area (TPSA) is 214 Å². The number of aromatic nitrogens is 2. The number of aromatic hydroxyl groups is 1. The van der Waals surface area contributed by atoms with Crippen LogP contribution in [0, 0.1) is 11.8 Å². The number of aromatic amines is 1. The SMILES string of the molecule is CCOC(=O)C(C(=O)OCC)C(C)C.CO.CSc1nc(O)c(C(C)C)c(=O)[nH]1.C[O-].NC(N)=S.[Na+]. The van der Waals surface area contributed by atoms with Crippen LogP contribution in [0.5, 0.6) is 5.88 Å². The van der Waals surface area contributed by atoms with Crippen LogP contribution in [-0.4, -0.2) is 70.9 Å². The average Bonchev–Trinajstić information content (AvgIpc) is 2.76. The molecular formula is C21H41N4NaO8S2. The fraction of sp³-hybridized carbons (Fsp3) is 0.667. The van der Waals surface area contributed by atoms with Crippen LogP contribution in [0.1, 0.15) is 53.0 Å². The summed E-state index contributed by atoms with van der Waals surface area (Å²) in [6.45, 7) is 11.2. The molecule has 0 spiro atoms. The van der Waals surface area contributed by atoms with Gasteiger partial charge < -0.3 is 41.2 Å². The molecule has 0 saturated carbocycles. The smallest absolute Gasteiger partial charge is 0.857 e. The van der Waals surface area contributed by atoms with Crippen LogP contribution in [0.15, 0.2) is 9.95 Å². The number of H-pyrrole nitrogens is 1. The van der Waals surface area contributed by atoms with E-state index in [1.54, 1.807) is 34.0 Å². The van der Waals surface area contributed by atoms with Gasteiger partial charge in [0.15, 0.2) is 16.2 Å². The Balaban J connectivity index is -0.000000135. The van der Waals surface area contributed by atoms with E-state index in [9.17, 15) is 19.5 Å². The molecule has 0 atom stereocenters. The third kappa shape index (κ3) is 21.8. The maximum Gasteiger partial charge on any atom is 1.00 e. The maximum absolute atomic E-state index is 11.4. The number of nitrogens with zero attached hydrogens (tertiary/aromatic N) is 1. The summed E-state index contributed by atoms with van der Waals surface area (Å²) in [6.07, 6.45) is 1.78. The van der Waals surface area contributed by atoms with Crippen molar-refractivity contribution in [1.29, 1.82) is 0 Å². The Labute approximate surface area is 245 Å². The zero-order chi connectivity index (χ0) is 28.7. The summed E-state index contributed by atoms with van der Waals surface area (Å²) >= 11 is 5.38. The number of ether oxygens (including phenoxy) is 2.